The van der Waals surface area contributed by atoms with Crippen LogP contribution in [0.5, 0.6) is 0 Å². The van der Waals surface area contributed by atoms with Crippen LogP contribution in [0.1, 0.15) is 30.4 Å². The van der Waals surface area contributed by atoms with E-state index in [1.54, 1.807) is 0 Å². The molecule has 0 aromatic heterocycles. The highest BCUT2D eigenvalue weighted by atomic mass is 19.4. The lowest BCUT2D eigenvalue weighted by atomic mass is 10.0. The van der Waals surface area contributed by atoms with Crippen molar-refractivity contribution in [2.75, 3.05) is 0 Å². The monoisotopic (exact) mass is 229 g/mol. The zero-order valence-corrected chi connectivity index (χ0v) is 8.85. The smallest absolute Gasteiger partial charge is 0.325 e. The molecule has 0 amide bonds. The van der Waals surface area contributed by atoms with Crippen LogP contribution in [-0.4, -0.2) is 5.54 Å². The van der Waals surface area contributed by atoms with Gasteiger partial charge in [-0.3, -0.25) is 0 Å². The summed E-state index contributed by atoms with van der Waals surface area (Å²) in [5.41, 5.74) is 6.20. The minimum Gasteiger partial charge on any atom is -0.325 e. The van der Waals surface area contributed by atoms with Crippen LogP contribution in [0.4, 0.5) is 13.2 Å². The Kier molecular flexibility index (Phi) is 2.70. The first-order chi connectivity index (χ1) is 7.39. The van der Waals surface area contributed by atoms with Crippen molar-refractivity contribution in [1.82, 2.24) is 0 Å². The average Bonchev–Trinajstić information content (AvgIpc) is 2.94. The highest BCUT2D eigenvalue weighted by Crippen LogP contribution is 2.36. The molecular weight excluding hydrogens is 215 g/mol. The summed E-state index contributed by atoms with van der Waals surface area (Å²) in [6.45, 7) is 0. The first kappa shape index (κ1) is 11.5. The Balaban J connectivity index is 1.96. The summed E-state index contributed by atoms with van der Waals surface area (Å²) in [6.07, 6.45) is -0.557. The molecule has 2 N–H and O–H groups in total. The number of nitrogens with two attached hydrogens (primary N) is 1. The molecule has 0 heterocycles. The van der Waals surface area contributed by atoms with Crippen molar-refractivity contribution in [3.05, 3.63) is 35.4 Å². The van der Waals surface area contributed by atoms with Crippen molar-refractivity contribution in [3.63, 3.8) is 0 Å². The summed E-state index contributed by atoms with van der Waals surface area (Å²) in [6, 6.07) is 5.33. The average molecular weight is 229 g/mol. The molecule has 1 aliphatic rings. The van der Waals surface area contributed by atoms with Gasteiger partial charge in [0.1, 0.15) is 0 Å². The van der Waals surface area contributed by atoms with Crippen LogP contribution in [0.15, 0.2) is 24.3 Å². The number of rotatable bonds is 3. The van der Waals surface area contributed by atoms with E-state index in [0.29, 0.717) is 0 Å². The van der Waals surface area contributed by atoms with Crippen molar-refractivity contribution < 1.29 is 13.2 Å². The molecule has 0 unspecified atom stereocenters. The Hall–Kier alpha value is -1.03. The van der Waals surface area contributed by atoms with E-state index < -0.39 is 11.7 Å². The lowest BCUT2D eigenvalue weighted by Gasteiger charge is -2.10. The van der Waals surface area contributed by atoms with Gasteiger partial charge in [-0.25, -0.2) is 0 Å². The molecule has 0 radical (unpaired) electrons. The molecule has 0 aliphatic heterocycles. The first-order valence-electron chi connectivity index (χ1n) is 5.34. The Morgan fingerprint density at radius 3 is 2.12 bits per heavy atom. The van der Waals surface area contributed by atoms with E-state index >= 15 is 0 Å². The van der Waals surface area contributed by atoms with Crippen molar-refractivity contribution in [1.29, 1.82) is 0 Å². The number of alkyl halides is 3. The third kappa shape index (κ3) is 2.76. The van der Waals surface area contributed by atoms with Crippen LogP contribution in [0, 0.1) is 0 Å². The second kappa shape index (κ2) is 3.77. The van der Waals surface area contributed by atoms with E-state index in [4.69, 9.17) is 5.73 Å². The van der Waals surface area contributed by atoms with Crippen LogP contribution in [0.25, 0.3) is 0 Å². The standard InChI is InChI=1S/C12H14F3N/c13-12(14,15)10-3-1-9(2-4-10)5-6-11(16)7-8-11/h1-4H,5-8,16H2. The van der Waals surface area contributed by atoms with Gasteiger partial charge >= 0.3 is 6.18 Å². The van der Waals surface area contributed by atoms with E-state index in [1.807, 2.05) is 0 Å². The maximum atomic E-state index is 12.3. The summed E-state index contributed by atoms with van der Waals surface area (Å²) < 4.78 is 36.9. The molecule has 2 rings (SSSR count). The Morgan fingerprint density at radius 2 is 1.69 bits per heavy atom. The van der Waals surface area contributed by atoms with Crippen molar-refractivity contribution >= 4 is 0 Å². The van der Waals surface area contributed by atoms with Crippen molar-refractivity contribution in [3.8, 4) is 0 Å². The van der Waals surface area contributed by atoms with Gasteiger partial charge in [-0.05, 0) is 43.4 Å². The predicted octanol–water partition coefficient (Wildman–Crippen LogP) is 3.13. The van der Waals surface area contributed by atoms with Crippen LogP contribution in [0.3, 0.4) is 0 Å². The summed E-state index contributed by atoms with van der Waals surface area (Å²) >= 11 is 0. The van der Waals surface area contributed by atoms with E-state index in [1.165, 1.54) is 12.1 Å². The zero-order valence-electron chi connectivity index (χ0n) is 8.85. The van der Waals surface area contributed by atoms with Gasteiger partial charge in [0.2, 0.25) is 0 Å². The molecule has 0 atom stereocenters. The van der Waals surface area contributed by atoms with Crippen LogP contribution < -0.4 is 5.73 Å². The van der Waals surface area contributed by atoms with Gasteiger partial charge in [0.05, 0.1) is 5.56 Å². The second-order valence-electron chi connectivity index (χ2n) is 4.56. The third-order valence-corrected chi connectivity index (χ3v) is 3.09. The van der Waals surface area contributed by atoms with Crippen LogP contribution in [0.2, 0.25) is 0 Å². The van der Waals surface area contributed by atoms with Gasteiger partial charge in [0, 0.05) is 5.54 Å². The van der Waals surface area contributed by atoms with Crippen molar-refractivity contribution in [2.24, 2.45) is 5.73 Å². The third-order valence-electron chi connectivity index (χ3n) is 3.09. The Labute approximate surface area is 92.5 Å². The van der Waals surface area contributed by atoms with Crippen LogP contribution in [-0.2, 0) is 12.6 Å². The fourth-order valence-corrected chi connectivity index (χ4v) is 1.66. The van der Waals surface area contributed by atoms with E-state index in [9.17, 15) is 13.2 Å². The second-order valence-corrected chi connectivity index (χ2v) is 4.56. The highest BCUT2D eigenvalue weighted by Gasteiger charge is 2.37. The normalized spacial score (nSPS) is 18.5. The number of halogens is 3. The molecule has 4 heteroatoms. The van der Waals surface area contributed by atoms with Gasteiger partial charge in [-0.1, -0.05) is 12.1 Å². The van der Waals surface area contributed by atoms with E-state index in [-0.39, 0.29) is 5.54 Å². The fraction of sp³-hybridized carbons (Fsp3) is 0.500. The maximum Gasteiger partial charge on any atom is 0.416 e. The summed E-state index contributed by atoms with van der Waals surface area (Å²) in [7, 11) is 0. The summed E-state index contributed by atoms with van der Waals surface area (Å²) in [5, 5.41) is 0. The molecule has 0 saturated heterocycles. The molecule has 1 saturated carbocycles. The van der Waals surface area contributed by atoms with Gasteiger partial charge in [0.15, 0.2) is 0 Å². The number of benzene rings is 1. The molecule has 1 aromatic carbocycles. The maximum absolute atomic E-state index is 12.3. The zero-order chi connectivity index (χ0) is 11.8. The molecule has 88 valence electrons. The molecule has 0 spiro atoms. The SMILES string of the molecule is NC1(CCc2ccc(C(F)(F)F)cc2)CC1. The van der Waals surface area contributed by atoms with Gasteiger partial charge in [-0.15, -0.1) is 0 Å². The van der Waals surface area contributed by atoms with E-state index in [0.717, 1.165) is 43.4 Å². The molecule has 1 nitrogen and oxygen atoms in total. The van der Waals surface area contributed by atoms with Gasteiger partial charge < -0.3 is 5.73 Å². The fourth-order valence-electron chi connectivity index (χ4n) is 1.66. The lowest BCUT2D eigenvalue weighted by Crippen LogP contribution is -2.22. The lowest BCUT2D eigenvalue weighted by molar-refractivity contribution is -0.137. The van der Waals surface area contributed by atoms with E-state index in [2.05, 4.69) is 0 Å². The minimum absolute atomic E-state index is 0.0390. The van der Waals surface area contributed by atoms with Gasteiger partial charge in [-0.2, -0.15) is 13.2 Å². The molecule has 1 aromatic rings. The topological polar surface area (TPSA) is 26.0 Å². The number of hydrogen-bond acceptors (Lipinski definition) is 1. The molecule has 16 heavy (non-hydrogen) atoms. The molecular formula is C12H14F3N. The van der Waals surface area contributed by atoms with Crippen molar-refractivity contribution in [2.45, 2.75) is 37.4 Å². The number of hydrogen-bond donors (Lipinski definition) is 1. The summed E-state index contributed by atoms with van der Waals surface area (Å²) in [4.78, 5) is 0. The summed E-state index contributed by atoms with van der Waals surface area (Å²) in [5.74, 6) is 0. The van der Waals surface area contributed by atoms with Crippen LogP contribution >= 0.6 is 0 Å². The first-order valence-corrected chi connectivity index (χ1v) is 5.34. The molecule has 1 fully saturated rings. The molecule has 0 bridgehead atoms. The quantitative estimate of drug-likeness (QED) is 0.846. The minimum atomic E-state index is -4.25. The predicted molar refractivity (Wildman–Crippen MR) is 55.9 cm³/mol. The Bertz CT molecular complexity index is 363. The largest absolute Gasteiger partial charge is 0.416 e. The number of aryl methyl sites for hydroxylation is 1. The Morgan fingerprint density at radius 1 is 1.12 bits per heavy atom. The highest BCUT2D eigenvalue weighted by molar-refractivity contribution is 5.25. The van der Waals surface area contributed by atoms with Gasteiger partial charge in [0.25, 0.3) is 0 Å². The molecule has 1 aliphatic carbocycles.